The van der Waals surface area contributed by atoms with Gasteiger partial charge in [0.1, 0.15) is 18.1 Å². The van der Waals surface area contributed by atoms with Gasteiger partial charge in [0.15, 0.2) is 17.6 Å². The number of nitrogens with two attached hydrogens (primary N) is 1. The summed E-state index contributed by atoms with van der Waals surface area (Å²) in [6, 6.07) is 11.2. The zero-order valence-electron chi connectivity index (χ0n) is 14.0. The molecule has 0 aliphatic carbocycles. The van der Waals surface area contributed by atoms with Crippen molar-refractivity contribution in [2.75, 3.05) is 19.8 Å². The van der Waals surface area contributed by atoms with Crippen LogP contribution in [0.4, 0.5) is 8.78 Å². The lowest BCUT2D eigenvalue weighted by molar-refractivity contribution is 0.262. The fourth-order valence-corrected chi connectivity index (χ4v) is 2.61. The second kappa shape index (κ2) is 9.56. The number of benzene rings is 2. The molecule has 3 N–H and O–H groups in total. The van der Waals surface area contributed by atoms with Gasteiger partial charge in [0.25, 0.3) is 0 Å². The summed E-state index contributed by atoms with van der Waals surface area (Å²) < 4.78 is 36.8. The first-order chi connectivity index (χ1) is 12.1. The number of ether oxygens (including phenoxy) is 2. The Balaban J connectivity index is 0.00000243. The predicted molar refractivity (Wildman–Crippen MR) is 106 cm³/mol. The van der Waals surface area contributed by atoms with Crippen LogP contribution in [0.2, 0.25) is 0 Å². The fraction of sp³-hybridized carbons (Fsp3) is 0.278. The van der Waals surface area contributed by atoms with Crippen molar-refractivity contribution >= 4 is 29.9 Å². The summed E-state index contributed by atoms with van der Waals surface area (Å²) in [5.74, 6) is -0.453. The third kappa shape index (κ3) is 5.20. The minimum absolute atomic E-state index is 0. The summed E-state index contributed by atoms with van der Waals surface area (Å²) in [4.78, 5) is 4.20. The van der Waals surface area contributed by atoms with Crippen LogP contribution in [0.3, 0.4) is 0 Å². The smallest absolute Gasteiger partial charge is 0.189 e. The van der Waals surface area contributed by atoms with E-state index in [0.29, 0.717) is 19.1 Å². The van der Waals surface area contributed by atoms with E-state index in [1.54, 1.807) is 0 Å². The van der Waals surface area contributed by atoms with E-state index in [1.165, 1.54) is 6.07 Å². The molecule has 5 nitrogen and oxygen atoms in total. The van der Waals surface area contributed by atoms with Crippen molar-refractivity contribution in [1.29, 1.82) is 0 Å². The Morgan fingerprint density at radius 1 is 1.23 bits per heavy atom. The Bertz CT molecular complexity index is 774. The fourth-order valence-electron chi connectivity index (χ4n) is 2.61. The molecule has 1 atom stereocenters. The molecule has 26 heavy (non-hydrogen) atoms. The second-order valence-electron chi connectivity index (χ2n) is 5.56. The van der Waals surface area contributed by atoms with Crippen LogP contribution in [-0.4, -0.2) is 25.7 Å². The Morgan fingerprint density at radius 3 is 2.85 bits per heavy atom. The maximum Gasteiger partial charge on any atom is 0.189 e. The molecule has 1 unspecified atom stereocenters. The molecule has 0 spiro atoms. The van der Waals surface area contributed by atoms with Gasteiger partial charge in [0, 0.05) is 18.1 Å². The summed E-state index contributed by atoms with van der Waals surface area (Å²) >= 11 is 0. The second-order valence-corrected chi connectivity index (χ2v) is 5.56. The van der Waals surface area contributed by atoms with Gasteiger partial charge >= 0.3 is 0 Å². The molecule has 1 heterocycles. The average Bonchev–Trinajstić information content (AvgIpc) is 2.62. The van der Waals surface area contributed by atoms with Gasteiger partial charge in [-0.25, -0.2) is 13.8 Å². The number of hydrogen-bond acceptors (Lipinski definition) is 3. The Hall–Kier alpha value is -2.10. The first kappa shape index (κ1) is 20.2. The van der Waals surface area contributed by atoms with Crippen molar-refractivity contribution in [1.82, 2.24) is 5.32 Å². The Labute approximate surface area is 167 Å². The molecule has 1 aliphatic rings. The molecule has 1 aliphatic heterocycles. The van der Waals surface area contributed by atoms with Crippen molar-refractivity contribution < 1.29 is 18.3 Å². The molecule has 0 bridgehead atoms. The van der Waals surface area contributed by atoms with E-state index in [4.69, 9.17) is 15.2 Å². The molecule has 0 saturated carbocycles. The van der Waals surface area contributed by atoms with Crippen molar-refractivity contribution in [3.63, 3.8) is 0 Å². The highest BCUT2D eigenvalue weighted by Crippen LogP contribution is 2.31. The number of aliphatic imine (C=N–C) groups is 1. The van der Waals surface area contributed by atoms with Gasteiger partial charge in [0.2, 0.25) is 0 Å². The van der Waals surface area contributed by atoms with Gasteiger partial charge in [-0.1, -0.05) is 18.2 Å². The van der Waals surface area contributed by atoms with Gasteiger partial charge in [0.05, 0.1) is 19.2 Å². The summed E-state index contributed by atoms with van der Waals surface area (Å²) in [7, 11) is 0. The highest BCUT2D eigenvalue weighted by Gasteiger charge is 2.21. The van der Waals surface area contributed by atoms with E-state index in [2.05, 4.69) is 10.3 Å². The third-order valence-electron chi connectivity index (χ3n) is 3.81. The van der Waals surface area contributed by atoms with Gasteiger partial charge < -0.3 is 20.5 Å². The van der Waals surface area contributed by atoms with Crippen LogP contribution >= 0.6 is 24.0 Å². The van der Waals surface area contributed by atoms with Gasteiger partial charge in [-0.05, 0) is 18.2 Å². The largest absolute Gasteiger partial charge is 0.493 e. The van der Waals surface area contributed by atoms with Crippen LogP contribution in [0.5, 0.6) is 11.5 Å². The van der Waals surface area contributed by atoms with E-state index in [9.17, 15) is 8.78 Å². The molecule has 8 heteroatoms. The van der Waals surface area contributed by atoms with Crippen molar-refractivity contribution in [2.24, 2.45) is 10.7 Å². The van der Waals surface area contributed by atoms with Crippen molar-refractivity contribution in [3.05, 3.63) is 59.7 Å². The normalized spacial score (nSPS) is 16.1. The number of fused-ring (bicyclic) bond motifs is 1. The van der Waals surface area contributed by atoms with Crippen LogP contribution in [0.1, 0.15) is 18.0 Å². The van der Waals surface area contributed by atoms with Crippen LogP contribution in [0.25, 0.3) is 0 Å². The number of guanidine groups is 1. The SMILES string of the molecule is I.NC(=NCCOc1ccc(F)c(F)c1)NC1CCOc2ccccc21. The molecule has 0 aromatic heterocycles. The van der Waals surface area contributed by atoms with E-state index in [1.807, 2.05) is 24.3 Å². The summed E-state index contributed by atoms with van der Waals surface area (Å²) in [5, 5.41) is 3.17. The molecule has 0 amide bonds. The number of nitrogens with zero attached hydrogens (tertiary/aromatic N) is 1. The highest BCUT2D eigenvalue weighted by molar-refractivity contribution is 14.0. The predicted octanol–water partition coefficient (Wildman–Crippen LogP) is 3.39. The molecule has 2 aromatic rings. The zero-order chi connectivity index (χ0) is 17.6. The number of rotatable bonds is 5. The van der Waals surface area contributed by atoms with Gasteiger partial charge in [-0.3, -0.25) is 0 Å². The lowest BCUT2D eigenvalue weighted by Gasteiger charge is -2.26. The topological polar surface area (TPSA) is 68.9 Å². The van der Waals surface area contributed by atoms with Crippen LogP contribution < -0.4 is 20.5 Å². The molecule has 2 aromatic carbocycles. The third-order valence-corrected chi connectivity index (χ3v) is 3.81. The molecular formula is C18H20F2IN3O2. The number of halogens is 3. The molecule has 0 radical (unpaired) electrons. The van der Waals surface area contributed by atoms with E-state index in [-0.39, 0.29) is 42.4 Å². The standard InChI is InChI=1S/C18H19F2N3O2.HI/c19-14-6-5-12(11-15(14)20)24-10-8-22-18(21)23-16-7-9-25-17-4-2-1-3-13(16)17;/h1-6,11,16H,7-10H2,(H3,21,22,23);1H. The summed E-state index contributed by atoms with van der Waals surface area (Å²) in [6.07, 6.45) is 0.790. The average molecular weight is 475 g/mol. The first-order valence-electron chi connectivity index (χ1n) is 7.99. The monoisotopic (exact) mass is 475 g/mol. The quantitative estimate of drug-likeness (QED) is 0.301. The van der Waals surface area contributed by atoms with E-state index in [0.717, 1.165) is 29.9 Å². The molecule has 0 saturated heterocycles. The van der Waals surface area contributed by atoms with Crippen LogP contribution in [0.15, 0.2) is 47.5 Å². The van der Waals surface area contributed by atoms with Gasteiger partial charge in [-0.15, -0.1) is 24.0 Å². The molecule has 3 rings (SSSR count). The minimum atomic E-state index is -0.944. The lowest BCUT2D eigenvalue weighted by atomic mass is 10.0. The Kier molecular flexibility index (Phi) is 7.43. The highest BCUT2D eigenvalue weighted by atomic mass is 127. The lowest BCUT2D eigenvalue weighted by Crippen LogP contribution is -2.37. The molecule has 0 fully saturated rings. The number of para-hydroxylation sites is 1. The zero-order valence-corrected chi connectivity index (χ0v) is 16.3. The van der Waals surface area contributed by atoms with Gasteiger partial charge in [-0.2, -0.15) is 0 Å². The maximum atomic E-state index is 13.1. The Morgan fingerprint density at radius 2 is 2.04 bits per heavy atom. The van der Waals surface area contributed by atoms with Crippen molar-refractivity contribution in [2.45, 2.75) is 12.5 Å². The summed E-state index contributed by atoms with van der Waals surface area (Å²) in [5.41, 5.74) is 6.96. The maximum absolute atomic E-state index is 13.1. The van der Waals surface area contributed by atoms with E-state index < -0.39 is 11.6 Å². The number of nitrogens with one attached hydrogen (secondary N) is 1. The number of hydrogen-bond donors (Lipinski definition) is 2. The summed E-state index contributed by atoms with van der Waals surface area (Å²) in [6.45, 7) is 1.11. The minimum Gasteiger partial charge on any atom is -0.493 e. The molecule has 140 valence electrons. The first-order valence-corrected chi connectivity index (χ1v) is 7.99. The van der Waals surface area contributed by atoms with Crippen molar-refractivity contribution in [3.8, 4) is 11.5 Å². The van der Waals surface area contributed by atoms with Crippen LogP contribution in [0, 0.1) is 11.6 Å². The molecular weight excluding hydrogens is 455 g/mol. The van der Waals surface area contributed by atoms with E-state index >= 15 is 0 Å². The van der Waals surface area contributed by atoms with Crippen LogP contribution in [-0.2, 0) is 0 Å².